The third-order valence-corrected chi connectivity index (χ3v) is 6.13. The Labute approximate surface area is 213 Å². The first-order valence-corrected chi connectivity index (χ1v) is 12.2. The summed E-state index contributed by atoms with van der Waals surface area (Å²) >= 11 is 6.24. The van der Waals surface area contributed by atoms with Gasteiger partial charge >= 0.3 is 6.09 Å². The number of aromatic amines is 1. The van der Waals surface area contributed by atoms with Crippen molar-refractivity contribution in [1.29, 1.82) is 0 Å². The van der Waals surface area contributed by atoms with Crippen molar-refractivity contribution in [2.75, 3.05) is 25.0 Å². The Morgan fingerprint density at radius 3 is 2.50 bits per heavy atom. The highest BCUT2D eigenvalue weighted by Crippen LogP contribution is 2.27. The molecule has 0 unspecified atom stereocenters. The van der Waals surface area contributed by atoms with Crippen LogP contribution in [0.5, 0.6) is 5.75 Å². The number of piperidine rings is 1. The molecule has 0 bridgehead atoms. The average Bonchev–Trinajstić information content (AvgIpc) is 3.15. The second-order valence-electron chi connectivity index (χ2n) is 9.95. The van der Waals surface area contributed by atoms with Crippen LogP contribution >= 0.6 is 11.6 Å². The summed E-state index contributed by atoms with van der Waals surface area (Å²) in [6, 6.07) is 4.00. The Balaban J connectivity index is 1.31. The number of nitrogens with zero attached hydrogens (tertiary/aromatic N) is 3. The van der Waals surface area contributed by atoms with Gasteiger partial charge < -0.3 is 24.7 Å². The molecule has 11 heteroatoms. The highest BCUT2D eigenvalue weighted by molar-refractivity contribution is 6.33. The second kappa shape index (κ2) is 10.5. The molecule has 2 N–H and O–H groups in total. The zero-order valence-electron chi connectivity index (χ0n) is 20.8. The lowest BCUT2D eigenvalue weighted by Gasteiger charge is -2.33. The van der Waals surface area contributed by atoms with Gasteiger partial charge in [0.15, 0.2) is 5.65 Å². The number of rotatable bonds is 6. The largest absolute Gasteiger partial charge is 0.493 e. The van der Waals surface area contributed by atoms with Crippen LogP contribution < -0.4 is 10.1 Å². The quantitative estimate of drug-likeness (QED) is 0.423. The predicted octanol–water partition coefficient (Wildman–Crippen LogP) is 5.84. The molecule has 3 aromatic rings. The number of carbonyl (C=O) groups excluding carboxylic acids is 1. The number of aromatic nitrogens is 3. The summed E-state index contributed by atoms with van der Waals surface area (Å²) < 4.78 is 40.5. The highest BCUT2D eigenvalue weighted by Gasteiger charge is 2.27. The van der Waals surface area contributed by atoms with E-state index < -0.39 is 17.2 Å². The van der Waals surface area contributed by atoms with Crippen molar-refractivity contribution >= 4 is 34.7 Å². The summed E-state index contributed by atoms with van der Waals surface area (Å²) in [6.07, 6.45) is 1.12. The molecule has 1 saturated heterocycles. The molecule has 0 aliphatic carbocycles. The number of hydrogen-bond donors (Lipinski definition) is 2. The number of imidazole rings is 1. The lowest BCUT2D eigenvalue weighted by molar-refractivity contribution is 0.0164. The molecule has 194 valence electrons. The number of pyridine rings is 1. The number of anilines is 1. The van der Waals surface area contributed by atoms with E-state index >= 15 is 0 Å². The maximum absolute atomic E-state index is 14.7. The first kappa shape index (κ1) is 25.9. The summed E-state index contributed by atoms with van der Waals surface area (Å²) in [5.74, 6) is -0.201. The van der Waals surface area contributed by atoms with Gasteiger partial charge in [0, 0.05) is 37.3 Å². The van der Waals surface area contributed by atoms with E-state index in [4.69, 9.17) is 21.1 Å². The Morgan fingerprint density at radius 2 is 1.86 bits per heavy atom. The molecular weight excluding hydrogens is 492 g/mol. The summed E-state index contributed by atoms with van der Waals surface area (Å²) in [7, 11) is 0. The Morgan fingerprint density at radius 1 is 1.19 bits per heavy atom. The van der Waals surface area contributed by atoms with Gasteiger partial charge in [-0.3, -0.25) is 0 Å². The average molecular weight is 522 g/mol. The zero-order chi connectivity index (χ0) is 26.0. The van der Waals surface area contributed by atoms with E-state index in [-0.39, 0.29) is 35.7 Å². The van der Waals surface area contributed by atoms with E-state index in [9.17, 15) is 13.6 Å². The molecule has 2 aromatic heterocycles. The lowest BCUT2D eigenvalue weighted by Crippen LogP contribution is -2.42. The van der Waals surface area contributed by atoms with Crippen LogP contribution in [0.2, 0.25) is 5.02 Å². The maximum Gasteiger partial charge on any atom is 0.410 e. The van der Waals surface area contributed by atoms with Crippen LogP contribution in [-0.4, -0.2) is 51.2 Å². The second-order valence-corrected chi connectivity index (χ2v) is 10.4. The number of hydrogen-bond acceptors (Lipinski definition) is 6. The predicted molar refractivity (Wildman–Crippen MR) is 133 cm³/mol. The molecule has 0 atom stereocenters. The summed E-state index contributed by atoms with van der Waals surface area (Å²) in [5.41, 5.74) is 0.449. The molecule has 1 fully saturated rings. The van der Waals surface area contributed by atoms with Crippen molar-refractivity contribution in [2.45, 2.75) is 52.7 Å². The number of fused-ring (bicyclic) bond motifs is 1. The van der Waals surface area contributed by atoms with Gasteiger partial charge in [0.1, 0.15) is 34.6 Å². The number of H-pyrrole nitrogens is 1. The molecule has 3 heterocycles. The van der Waals surface area contributed by atoms with Gasteiger partial charge in [-0.05, 0) is 52.5 Å². The van der Waals surface area contributed by atoms with Gasteiger partial charge in [0.2, 0.25) is 0 Å². The summed E-state index contributed by atoms with van der Waals surface area (Å²) in [6.45, 7) is 8.55. The van der Waals surface area contributed by atoms with Crippen LogP contribution in [0.3, 0.4) is 0 Å². The monoisotopic (exact) mass is 521 g/mol. The fraction of sp³-hybridized carbons (Fsp3) is 0.480. The van der Waals surface area contributed by atoms with Crippen molar-refractivity contribution in [3.63, 3.8) is 0 Å². The van der Waals surface area contributed by atoms with E-state index in [1.165, 1.54) is 12.1 Å². The number of carbonyl (C=O) groups is 1. The minimum Gasteiger partial charge on any atom is -0.493 e. The topological polar surface area (TPSA) is 92.4 Å². The summed E-state index contributed by atoms with van der Waals surface area (Å²) in [4.78, 5) is 25.5. The van der Waals surface area contributed by atoms with E-state index in [2.05, 4.69) is 20.3 Å². The van der Waals surface area contributed by atoms with Crippen molar-refractivity contribution in [1.82, 2.24) is 19.9 Å². The van der Waals surface area contributed by atoms with E-state index in [0.717, 1.165) is 12.8 Å². The van der Waals surface area contributed by atoms with Crippen LogP contribution in [0.25, 0.3) is 11.2 Å². The van der Waals surface area contributed by atoms with Crippen molar-refractivity contribution in [3.05, 3.63) is 46.2 Å². The first-order valence-electron chi connectivity index (χ1n) is 11.8. The van der Waals surface area contributed by atoms with Gasteiger partial charge in [0.25, 0.3) is 0 Å². The third kappa shape index (κ3) is 6.34. The molecule has 36 heavy (non-hydrogen) atoms. The highest BCUT2D eigenvalue weighted by atomic mass is 35.5. The molecule has 1 amide bonds. The molecule has 0 radical (unpaired) electrons. The third-order valence-electron chi connectivity index (χ3n) is 5.84. The van der Waals surface area contributed by atoms with Crippen LogP contribution in [0.1, 0.15) is 45.0 Å². The number of ether oxygens (including phenoxy) is 2. The van der Waals surface area contributed by atoms with Gasteiger partial charge in [-0.1, -0.05) is 11.6 Å². The molecule has 0 saturated carbocycles. The number of benzene rings is 1. The Kier molecular flexibility index (Phi) is 7.54. The number of amides is 1. The van der Waals surface area contributed by atoms with Crippen LogP contribution in [-0.2, 0) is 11.3 Å². The van der Waals surface area contributed by atoms with Crippen molar-refractivity contribution in [3.8, 4) is 5.75 Å². The molecule has 8 nitrogen and oxygen atoms in total. The van der Waals surface area contributed by atoms with E-state index in [0.29, 0.717) is 41.7 Å². The number of nitrogens with one attached hydrogen (secondary N) is 2. The normalized spacial score (nSPS) is 14.8. The standard InChI is InChI=1S/C25H30ClF2N5O3/c1-14-30-21-11-18(26)22(32-23(21)31-14)29-12-17-19(27)9-16(10-20(17)28)35-13-15-5-7-33(8-6-15)24(34)36-25(2,3)4/h9-11,15H,5-8,12-13H2,1-4H3,(H2,29,30,31,32). The first-order chi connectivity index (χ1) is 17.0. The smallest absolute Gasteiger partial charge is 0.410 e. The van der Waals surface area contributed by atoms with E-state index in [1.54, 1.807) is 17.9 Å². The molecule has 1 aliphatic heterocycles. The fourth-order valence-corrected chi connectivity index (χ4v) is 4.21. The van der Waals surface area contributed by atoms with Gasteiger partial charge in [0.05, 0.1) is 17.1 Å². The lowest BCUT2D eigenvalue weighted by atomic mass is 9.98. The molecular formula is C25H30ClF2N5O3. The molecule has 0 spiro atoms. The minimum atomic E-state index is -0.731. The number of aryl methyl sites for hydroxylation is 1. The zero-order valence-corrected chi connectivity index (χ0v) is 21.5. The molecule has 1 aromatic carbocycles. The molecule has 1 aliphatic rings. The fourth-order valence-electron chi connectivity index (χ4n) is 3.99. The minimum absolute atomic E-state index is 0.118. The Hall–Kier alpha value is -3.14. The van der Waals surface area contributed by atoms with Crippen molar-refractivity contribution < 1.29 is 23.0 Å². The van der Waals surface area contributed by atoms with Crippen LogP contribution in [0.15, 0.2) is 18.2 Å². The van der Waals surface area contributed by atoms with Gasteiger partial charge in [-0.2, -0.15) is 0 Å². The SMILES string of the molecule is Cc1nc2nc(NCc3c(F)cc(OCC4CCN(C(=O)OC(C)(C)C)CC4)cc3F)c(Cl)cc2[nH]1. The Bertz CT molecular complexity index is 1230. The van der Waals surface area contributed by atoms with E-state index in [1.807, 2.05) is 20.8 Å². The number of likely N-dealkylation sites (tertiary alicyclic amines) is 1. The van der Waals surface area contributed by atoms with Gasteiger partial charge in [-0.15, -0.1) is 0 Å². The van der Waals surface area contributed by atoms with Crippen LogP contribution in [0, 0.1) is 24.5 Å². The van der Waals surface area contributed by atoms with Crippen LogP contribution in [0.4, 0.5) is 19.4 Å². The van der Waals surface area contributed by atoms with Crippen molar-refractivity contribution in [2.24, 2.45) is 5.92 Å². The number of halogens is 3. The maximum atomic E-state index is 14.7. The molecule has 4 rings (SSSR count). The summed E-state index contributed by atoms with van der Waals surface area (Å²) in [5, 5.41) is 3.19. The van der Waals surface area contributed by atoms with Gasteiger partial charge in [-0.25, -0.2) is 23.5 Å².